The molecule has 0 atom stereocenters. The Morgan fingerprint density at radius 1 is 1.32 bits per heavy atom. The average molecular weight is 296 g/mol. The summed E-state index contributed by atoms with van der Waals surface area (Å²) in [5, 5.41) is 0. The zero-order valence-corrected chi connectivity index (χ0v) is 12.3. The van der Waals surface area contributed by atoms with Crippen molar-refractivity contribution in [3.8, 4) is 11.5 Å². The van der Waals surface area contributed by atoms with Crippen LogP contribution < -0.4 is 14.4 Å². The van der Waals surface area contributed by atoms with Crippen LogP contribution >= 0.6 is 0 Å². The van der Waals surface area contributed by atoms with Crippen LogP contribution in [-0.4, -0.2) is 34.6 Å². The molecule has 4 rings (SSSR count). The fourth-order valence-corrected chi connectivity index (χ4v) is 2.73. The number of rotatable bonds is 3. The molecule has 6 nitrogen and oxygen atoms in total. The normalized spacial score (nSPS) is 13.8. The summed E-state index contributed by atoms with van der Waals surface area (Å²) in [7, 11) is 1.67. The van der Waals surface area contributed by atoms with E-state index in [0.29, 0.717) is 6.61 Å². The summed E-state index contributed by atoms with van der Waals surface area (Å²) in [6.45, 7) is 2.25. The van der Waals surface area contributed by atoms with Gasteiger partial charge in [-0.2, -0.15) is 0 Å². The van der Waals surface area contributed by atoms with Crippen molar-refractivity contribution in [3.05, 3.63) is 48.5 Å². The second kappa shape index (κ2) is 5.22. The molecule has 2 aromatic heterocycles. The number of aromatic nitrogens is 3. The van der Waals surface area contributed by atoms with Crippen molar-refractivity contribution in [1.29, 1.82) is 0 Å². The molecule has 0 unspecified atom stereocenters. The summed E-state index contributed by atoms with van der Waals surface area (Å²) in [5.41, 5.74) is 2.14. The van der Waals surface area contributed by atoms with Crippen molar-refractivity contribution >= 4 is 11.5 Å². The van der Waals surface area contributed by atoms with Gasteiger partial charge in [0.2, 0.25) is 5.78 Å². The third-order valence-corrected chi connectivity index (χ3v) is 3.84. The van der Waals surface area contributed by atoms with E-state index in [1.807, 2.05) is 41.1 Å². The maximum atomic E-state index is 5.73. The number of hydrogen-bond donors (Lipinski definition) is 0. The van der Waals surface area contributed by atoms with Gasteiger partial charge in [0.05, 0.1) is 37.8 Å². The molecule has 0 saturated carbocycles. The first kappa shape index (κ1) is 12.9. The van der Waals surface area contributed by atoms with Gasteiger partial charge in [-0.1, -0.05) is 0 Å². The monoisotopic (exact) mass is 296 g/mol. The molecule has 0 aliphatic carbocycles. The van der Waals surface area contributed by atoms with Crippen LogP contribution in [0.15, 0.2) is 42.9 Å². The number of fused-ring (bicyclic) bond motifs is 2. The molecule has 0 N–H and O–H groups in total. The molecular formula is C16H16N4O2. The van der Waals surface area contributed by atoms with E-state index in [2.05, 4.69) is 14.9 Å². The van der Waals surface area contributed by atoms with E-state index >= 15 is 0 Å². The van der Waals surface area contributed by atoms with Crippen LogP contribution in [0.5, 0.6) is 11.5 Å². The Bertz CT molecular complexity index is 815. The first-order valence-electron chi connectivity index (χ1n) is 7.18. The van der Waals surface area contributed by atoms with Gasteiger partial charge in [0.25, 0.3) is 0 Å². The molecule has 0 fully saturated rings. The van der Waals surface area contributed by atoms with Crippen molar-refractivity contribution in [2.75, 3.05) is 25.2 Å². The quantitative estimate of drug-likeness (QED) is 0.741. The molecule has 0 radical (unpaired) electrons. The van der Waals surface area contributed by atoms with Gasteiger partial charge in [0, 0.05) is 18.5 Å². The molecule has 0 saturated heterocycles. The Balaban J connectivity index is 1.70. The summed E-state index contributed by atoms with van der Waals surface area (Å²) in [6.07, 6.45) is 5.61. The van der Waals surface area contributed by atoms with Crippen molar-refractivity contribution in [1.82, 2.24) is 14.4 Å². The fraction of sp³-hybridized carbons (Fsp3) is 0.250. The molecule has 0 amide bonds. The molecule has 0 spiro atoms. The molecule has 3 aromatic rings. The van der Waals surface area contributed by atoms with Crippen molar-refractivity contribution in [3.63, 3.8) is 0 Å². The Hall–Kier alpha value is -2.76. The summed E-state index contributed by atoms with van der Waals surface area (Å²) < 4.78 is 13.1. The van der Waals surface area contributed by atoms with Crippen LogP contribution in [0.4, 0.5) is 5.69 Å². The van der Waals surface area contributed by atoms with Crippen LogP contribution in [0.2, 0.25) is 0 Å². The SMILES string of the molecule is COc1ccc2c(c1)N(Cc1cnc3ncccn13)CCO2. The van der Waals surface area contributed by atoms with E-state index in [1.165, 1.54) is 0 Å². The van der Waals surface area contributed by atoms with E-state index in [4.69, 9.17) is 9.47 Å². The molecule has 22 heavy (non-hydrogen) atoms. The highest BCUT2D eigenvalue weighted by atomic mass is 16.5. The van der Waals surface area contributed by atoms with Crippen LogP contribution in [0.3, 0.4) is 0 Å². The summed E-state index contributed by atoms with van der Waals surface area (Å²) >= 11 is 0. The third kappa shape index (κ3) is 2.13. The second-order valence-electron chi connectivity index (χ2n) is 5.14. The largest absolute Gasteiger partial charge is 0.497 e. The van der Waals surface area contributed by atoms with Gasteiger partial charge in [0.15, 0.2) is 0 Å². The highest BCUT2D eigenvalue weighted by Crippen LogP contribution is 2.35. The number of benzene rings is 1. The number of nitrogens with zero attached hydrogens (tertiary/aromatic N) is 4. The van der Waals surface area contributed by atoms with Gasteiger partial charge in [0.1, 0.15) is 18.1 Å². The van der Waals surface area contributed by atoms with Gasteiger partial charge in [-0.3, -0.25) is 4.40 Å². The zero-order valence-electron chi connectivity index (χ0n) is 12.3. The average Bonchev–Trinajstić information content (AvgIpc) is 2.98. The van der Waals surface area contributed by atoms with E-state index < -0.39 is 0 Å². The van der Waals surface area contributed by atoms with Gasteiger partial charge in [-0.25, -0.2) is 9.97 Å². The molecule has 3 heterocycles. The van der Waals surface area contributed by atoms with Gasteiger partial charge in [-0.05, 0) is 18.2 Å². The second-order valence-corrected chi connectivity index (χ2v) is 5.14. The van der Waals surface area contributed by atoms with E-state index in [-0.39, 0.29) is 0 Å². The molecule has 0 bridgehead atoms. The van der Waals surface area contributed by atoms with E-state index in [1.54, 1.807) is 13.3 Å². The predicted molar refractivity (Wildman–Crippen MR) is 82.5 cm³/mol. The lowest BCUT2D eigenvalue weighted by molar-refractivity contribution is 0.305. The smallest absolute Gasteiger partial charge is 0.233 e. The number of ether oxygens (including phenoxy) is 2. The first-order valence-corrected chi connectivity index (χ1v) is 7.18. The van der Waals surface area contributed by atoms with Crippen molar-refractivity contribution in [2.45, 2.75) is 6.54 Å². The number of hydrogen-bond acceptors (Lipinski definition) is 5. The molecule has 1 aliphatic rings. The molecular weight excluding hydrogens is 280 g/mol. The minimum absolute atomic E-state index is 0.675. The number of anilines is 1. The lowest BCUT2D eigenvalue weighted by atomic mass is 10.2. The van der Waals surface area contributed by atoms with Gasteiger partial charge < -0.3 is 14.4 Å². The standard InChI is InChI=1S/C16H16N4O2/c1-21-13-3-4-15-14(9-13)19(7-8-22-15)11-12-10-18-16-17-5-2-6-20(12)16/h2-6,9-10H,7-8,11H2,1H3. The maximum Gasteiger partial charge on any atom is 0.233 e. The molecule has 1 aromatic carbocycles. The fourth-order valence-electron chi connectivity index (χ4n) is 2.73. The lowest BCUT2D eigenvalue weighted by Gasteiger charge is -2.31. The Morgan fingerprint density at radius 2 is 2.27 bits per heavy atom. The molecule has 1 aliphatic heterocycles. The van der Waals surface area contributed by atoms with Crippen LogP contribution in [-0.2, 0) is 6.54 Å². The highest BCUT2D eigenvalue weighted by molar-refractivity contribution is 5.63. The summed E-state index contributed by atoms with van der Waals surface area (Å²) in [5.74, 6) is 2.43. The third-order valence-electron chi connectivity index (χ3n) is 3.84. The first-order chi connectivity index (χ1) is 10.8. The number of methoxy groups -OCH3 is 1. The minimum atomic E-state index is 0.675. The van der Waals surface area contributed by atoms with Crippen LogP contribution in [0, 0.1) is 0 Å². The predicted octanol–water partition coefficient (Wildman–Crippen LogP) is 2.14. The van der Waals surface area contributed by atoms with E-state index in [0.717, 1.165) is 41.7 Å². The van der Waals surface area contributed by atoms with Crippen molar-refractivity contribution in [2.24, 2.45) is 0 Å². The lowest BCUT2D eigenvalue weighted by Crippen LogP contribution is -2.32. The maximum absolute atomic E-state index is 5.73. The van der Waals surface area contributed by atoms with E-state index in [9.17, 15) is 0 Å². The van der Waals surface area contributed by atoms with Gasteiger partial charge in [-0.15, -0.1) is 0 Å². The highest BCUT2D eigenvalue weighted by Gasteiger charge is 2.20. The summed E-state index contributed by atoms with van der Waals surface area (Å²) in [4.78, 5) is 10.9. The Morgan fingerprint density at radius 3 is 3.18 bits per heavy atom. The van der Waals surface area contributed by atoms with Gasteiger partial charge >= 0.3 is 0 Å². The Kier molecular flexibility index (Phi) is 3.07. The summed E-state index contributed by atoms with van der Waals surface area (Å²) in [6, 6.07) is 7.79. The minimum Gasteiger partial charge on any atom is -0.497 e. The topological polar surface area (TPSA) is 51.9 Å². The van der Waals surface area contributed by atoms with Crippen LogP contribution in [0.1, 0.15) is 5.69 Å². The molecule has 112 valence electrons. The van der Waals surface area contributed by atoms with Crippen molar-refractivity contribution < 1.29 is 9.47 Å². The number of imidazole rings is 1. The molecule has 6 heteroatoms. The Labute approximate surface area is 127 Å². The van der Waals surface area contributed by atoms with Crippen LogP contribution in [0.25, 0.3) is 5.78 Å². The zero-order chi connectivity index (χ0) is 14.9.